The van der Waals surface area contributed by atoms with Gasteiger partial charge in [0.2, 0.25) is 0 Å². The van der Waals surface area contributed by atoms with Gasteiger partial charge >= 0.3 is 12.3 Å². The Morgan fingerprint density at radius 2 is 1.96 bits per heavy atom. The van der Waals surface area contributed by atoms with Gasteiger partial charge in [-0.1, -0.05) is 17.7 Å². The molecule has 2 N–H and O–H groups in total. The molecule has 0 aliphatic carbocycles. The van der Waals surface area contributed by atoms with Gasteiger partial charge in [0.15, 0.2) is 0 Å². The summed E-state index contributed by atoms with van der Waals surface area (Å²) in [6, 6.07) is 5.56. The van der Waals surface area contributed by atoms with Crippen LogP contribution in [-0.4, -0.2) is 31.9 Å². The van der Waals surface area contributed by atoms with Gasteiger partial charge in [-0.15, -0.1) is 0 Å². The molecule has 0 aliphatic rings. The maximum Gasteiger partial charge on any atom is 0.433 e. The standard InChI is InChI=1S/C15H8ClF3N4O3/c16-8-5-11-7(6-20-23(11)14(25)26)4-10(8)22-13(24)9-2-1-3-12(21-9)15(17,18)19/h1-6H,(H,22,24)(H,25,26). The molecule has 134 valence electrons. The molecule has 7 nitrogen and oxygen atoms in total. The third-order valence-electron chi connectivity index (χ3n) is 3.36. The molecule has 0 unspecified atom stereocenters. The number of hydrogen-bond donors (Lipinski definition) is 2. The molecule has 11 heteroatoms. The molecule has 2 aromatic heterocycles. The number of halogens is 4. The fraction of sp³-hybridized carbons (Fsp3) is 0.0667. The van der Waals surface area contributed by atoms with Gasteiger partial charge in [0.05, 0.1) is 22.4 Å². The number of rotatable bonds is 2. The summed E-state index contributed by atoms with van der Waals surface area (Å²) < 4.78 is 38.8. The molecule has 0 fully saturated rings. The molecule has 26 heavy (non-hydrogen) atoms. The van der Waals surface area contributed by atoms with Crippen LogP contribution >= 0.6 is 11.6 Å². The molecule has 0 atom stereocenters. The minimum atomic E-state index is -4.68. The van der Waals surface area contributed by atoms with Crippen molar-refractivity contribution in [2.45, 2.75) is 6.18 Å². The van der Waals surface area contributed by atoms with Crippen molar-refractivity contribution in [3.63, 3.8) is 0 Å². The van der Waals surface area contributed by atoms with Gasteiger partial charge in [0, 0.05) is 5.39 Å². The van der Waals surface area contributed by atoms with E-state index in [0.29, 0.717) is 10.1 Å². The zero-order valence-corrected chi connectivity index (χ0v) is 13.3. The Morgan fingerprint density at radius 3 is 2.62 bits per heavy atom. The minimum absolute atomic E-state index is 0.0131. The summed E-state index contributed by atoms with van der Waals surface area (Å²) in [5.74, 6) is -0.900. The average Bonchev–Trinajstić information content (AvgIpc) is 2.97. The zero-order valence-electron chi connectivity index (χ0n) is 12.6. The number of amides is 1. The first kappa shape index (κ1) is 17.7. The van der Waals surface area contributed by atoms with Crippen LogP contribution in [0.3, 0.4) is 0 Å². The molecular weight excluding hydrogens is 377 g/mol. The van der Waals surface area contributed by atoms with Gasteiger partial charge in [-0.3, -0.25) is 4.79 Å². The number of nitrogens with one attached hydrogen (secondary N) is 1. The Kier molecular flexibility index (Phi) is 4.28. The molecular formula is C15H8ClF3N4O3. The second-order valence-corrected chi connectivity index (χ2v) is 5.50. The van der Waals surface area contributed by atoms with Crippen LogP contribution in [0.15, 0.2) is 36.5 Å². The van der Waals surface area contributed by atoms with Gasteiger partial charge in [0.25, 0.3) is 5.91 Å². The van der Waals surface area contributed by atoms with Crippen molar-refractivity contribution in [2.75, 3.05) is 5.32 Å². The third kappa shape index (κ3) is 3.31. The Morgan fingerprint density at radius 1 is 1.23 bits per heavy atom. The van der Waals surface area contributed by atoms with Gasteiger partial charge in [-0.05, 0) is 24.3 Å². The van der Waals surface area contributed by atoms with Gasteiger partial charge < -0.3 is 10.4 Å². The Labute approximate surface area is 148 Å². The minimum Gasteiger partial charge on any atom is -0.463 e. The topological polar surface area (TPSA) is 97.1 Å². The number of fused-ring (bicyclic) bond motifs is 1. The van der Waals surface area contributed by atoms with Gasteiger partial charge in [0.1, 0.15) is 11.4 Å². The normalized spacial score (nSPS) is 11.5. The first-order valence-electron chi connectivity index (χ1n) is 6.93. The maximum absolute atomic E-state index is 12.7. The number of carboxylic acid groups (broad SMARTS) is 1. The smallest absolute Gasteiger partial charge is 0.433 e. The fourth-order valence-electron chi connectivity index (χ4n) is 2.20. The van der Waals surface area contributed by atoms with Crippen LogP contribution in [0.1, 0.15) is 16.2 Å². The van der Waals surface area contributed by atoms with E-state index in [0.717, 1.165) is 18.2 Å². The first-order valence-corrected chi connectivity index (χ1v) is 7.31. The van der Waals surface area contributed by atoms with E-state index in [4.69, 9.17) is 16.7 Å². The van der Waals surface area contributed by atoms with Gasteiger partial charge in [-0.2, -0.15) is 23.0 Å². The lowest BCUT2D eigenvalue weighted by Crippen LogP contribution is -2.17. The van der Waals surface area contributed by atoms with Crippen LogP contribution in [0, 0.1) is 0 Å². The van der Waals surface area contributed by atoms with Crippen LogP contribution in [0.2, 0.25) is 5.02 Å². The molecule has 3 aromatic rings. The predicted octanol–water partition coefficient (Wildman–Crippen LogP) is 3.88. The van der Waals surface area contributed by atoms with E-state index < -0.39 is 29.6 Å². The number of aromatic nitrogens is 3. The number of carbonyl (C=O) groups excluding carboxylic acids is 1. The van der Waals surface area contributed by atoms with Crippen molar-refractivity contribution in [1.29, 1.82) is 0 Å². The van der Waals surface area contributed by atoms with Crippen molar-refractivity contribution in [3.8, 4) is 0 Å². The number of alkyl halides is 3. The van der Waals surface area contributed by atoms with Crippen molar-refractivity contribution in [1.82, 2.24) is 14.8 Å². The third-order valence-corrected chi connectivity index (χ3v) is 3.67. The van der Waals surface area contributed by atoms with E-state index in [-0.39, 0.29) is 16.2 Å². The number of pyridine rings is 1. The van der Waals surface area contributed by atoms with Crippen molar-refractivity contribution in [2.24, 2.45) is 0 Å². The number of carbonyl (C=O) groups is 2. The Bertz CT molecular complexity index is 1030. The van der Waals surface area contributed by atoms with E-state index in [9.17, 15) is 22.8 Å². The maximum atomic E-state index is 12.7. The largest absolute Gasteiger partial charge is 0.463 e. The van der Waals surface area contributed by atoms with E-state index in [1.165, 1.54) is 18.3 Å². The summed E-state index contributed by atoms with van der Waals surface area (Å²) in [6.07, 6.45) is -4.75. The van der Waals surface area contributed by atoms with E-state index in [2.05, 4.69) is 15.4 Å². The second-order valence-electron chi connectivity index (χ2n) is 5.09. The molecule has 0 radical (unpaired) electrons. The Hall–Kier alpha value is -3.14. The molecule has 0 saturated carbocycles. The fourth-order valence-corrected chi connectivity index (χ4v) is 2.41. The van der Waals surface area contributed by atoms with Crippen molar-refractivity contribution >= 4 is 40.2 Å². The number of anilines is 1. The average molecular weight is 385 g/mol. The molecule has 0 spiro atoms. The van der Waals surface area contributed by atoms with Crippen LogP contribution in [-0.2, 0) is 6.18 Å². The molecule has 1 amide bonds. The summed E-state index contributed by atoms with van der Waals surface area (Å²) in [5.41, 5.74) is -1.38. The van der Waals surface area contributed by atoms with Crippen molar-refractivity contribution in [3.05, 3.63) is 52.9 Å². The highest BCUT2D eigenvalue weighted by molar-refractivity contribution is 6.34. The molecule has 1 aromatic carbocycles. The summed E-state index contributed by atoms with van der Waals surface area (Å²) in [4.78, 5) is 26.5. The predicted molar refractivity (Wildman–Crippen MR) is 85.4 cm³/mol. The van der Waals surface area contributed by atoms with E-state index in [1.807, 2.05) is 0 Å². The zero-order chi connectivity index (χ0) is 19.1. The summed E-state index contributed by atoms with van der Waals surface area (Å²) >= 11 is 6.02. The van der Waals surface area contributed by atoms with Crippen LogP contribution in [0.4, 0.5) is 23.7 Å². The lowest BCUT2D eigenvalue weighted by Gasteiger charge is -2.10. The second kappa shape index (κ2) is 6.30. The summed E-state index contributed by atoms with van der Waals surface area (Å²) in [5, 5.41) is 15.4. The Balaban J connectivity index is 1.93. The molecule has 2 heterocycles. The molecule has 0 saturated heterocycles. The van der Waals surface area contributed by atoms with Gasteiger partial charge in [-0.25, -0.2) is 9.78 Å². The van der Waals surface area contributed by atoms with Crippen LogP contribution < -0.4 is 5.32 Å². The van der Waals surface area contributed by atoms with Crippen LogP contribution in [0.25, 0.3) is 10.9 Å². The quantitative estimate of drug-likeness (QED) is 0.698. The molecule has 0 bridgehead atoms. The van der Waals surface area contributed by atoms with E-state index >= 15 is 0 Å². The number of benzene rings is 1. The summed E-state index contributed by atoms with van der Waals surface area (Å²) in [6.45, 7) is 0. The first-order chi connectivity index (χ1) is 12.2. The molecule has 0 aliphatic heterocycles. The highest BCUT2D eigenvalue weighted by Gasteiger charge is 2.33. The highest BCUT2D eigenvalue weighted by Crippen LogP contribution is 2.29. The van der Waals surface area contributed by atoms with E-state index in [1.54, 1.807) is 0 Å². The van der Waals surface area contributed by atoms with Crippen LogP contribution in [0.5, 0.6) is 0 Å². The summed E-state index contributed by atoms with van der Waals surface area (Å²) in [7, 11) is 0. The van der Waals surface area contributed by atoms with Crippen molar-refractivity contribution < 1.29 is 27.9 Å². The number of hydrogen-bond acceptors (Lipinski definition) is 4. The number of nitrogens with zero attached hydrogens (tertiary/aromatic N) is 3. The lowest BCUT2D eigenvalue weighted by atomic mass is 10.2. The highest BCUT2D eigenvalue weighted by atomic mass is 35.5. The SMILES string of the molecule is O=C(Nc1cc2cnn(C(=O)O)c2cc1Cl)c1cccc(C(F)(F)F)n1. The monoisotopic (exact) mass is 384 g/mol. The lowest BCUT2D eigenvalue weighted by molar-refractivity contribution is -0.141. The molecule has 3 rings (SSSR count).